The van der Waals surface area contributed by atoms with E-state index in [9.17, 15) is 9.59 Å². The molecule has 0 aliphatic carbocycles. The van der Waals surface area contributed by atoms with Crippen molar-refractivity contribution in [1.82, 2.24) is 9.80 Å². The van der Waals surface area contributed by atoms with Gasteiger partial charge in [0.25, 0.3) is 11.8 Å². The highest BCUT2D eigenvalue weighted by molar-refractivity contribution is 5.94. The highest BCUT2D eigenvalue weighted by atomic mass is 16.5. The van der Waals surface area contributed by atoms with Gasteiger partial charge in [0.2, 0.25) is 0 Å². The predicted octanol–water partition coefficient (Wildman–Crippen LogP) is 4.15. The summed E-state index contributed by atoms with van der Waals surface area (Å²) >= 11 is 0. The first-order chi connectivity index (χ1) is 16.0. The van der Waals surface area contributed by atoms with Crippen LogP contribution < -0.4 is 14.2 Å². The summed E-state index contributed by atoms with van der Waals surface area (Å²) in [7, 11) is 1.76. The maximum atomic E-state index is 13.1. The zero-order valence-electron chi connectivity index (χ0n) is 19.8. The number of piperidine rings is 1. The Labute approximate surface area is 196 Å². The van der Waals surface area contributed by atoms with Crippen molar-refractivity contribution in [1.29, 1.82) is 0 Å². The number of rotatable bonds is 10. The van der Waals surface area contributed by atoms with Crippen LogP contribution in [0.5, 0.6) is 17.2 Å². The number of nitrogens with zero attached hydrogens (tertiary/aromatic N) is 2. The van der Waals surface area contributed by atoms with Crippen LogP contribution in [0.15, 0.2) is 42.5 Å². The van der Waals surface area contributed by atoms with E-state index in [4.69, 9.17) is 14.2 Å². The molecule has 1 aliphatic heterocycles. The van der Waals surface area contributed by atoms with Crippen molar-refractivity contribution < 1.29 is 23.8 Å². The summed E-state index contributed by atoms with van der Waals surface area (Å²) in [6, 6.07) is 12.8. The zero-order valence-corrected chi connectivity index (χ0v) is 19.8. The quantitative estimate of drug-likeness (QED) is 0.540. The number of ether oxygens (including phenoxy) is 3. The lowest BCUT2D eigenvalue weighted by molar-refractivity contribution is -0.134. The highest BCUT2D eigenvalue weighted by Gasteiger charge is 2.20. The fraction of sp³-hybridized carbons (Fsp3) is 0.462. The van der Waals surface area contributed by atoms with Crippen LogP contribution in [0.1, 0.15) is 49.0 Å². The van der Waals surface area contributed by atoms with Gasteiger partial charge in [0.15, 0.2) is 18.1 Å². The van der Waals surface area contributed by atoms with E-state index in [1.165, 1.54) is 6.42 Å². The molecule has 0 aromatic heterocycles. The molecule has 0 atom stereocenters. The Morgan fingerprint density at radius 2 is 1.58 bits per heavy atom. The second kappa shape index (κ2) is 12.1. The number of hydrogen-bond acceptors (Lipinski definition) is 5. The molecule has 0 radical (unpaired) electrons. The van der Waals surface area contributed by atoms with Crippen LogP contribution in [-0.4, -0.2) is 61.6 Å². The Balaban J connectivity index is 1.68. The molecule has 33 heavy (non-hydrogen) atoms. The van der Waals surface area contributed by atoms with E-state index in [1.807, 2.05) is 43.0 Å². The molecular formula is C26H34N2O5. The molecule has 1 saturated heterocycles. The minimum Gasteiger partial charge on any atom is -0.494 e. The summed E-state index contributed by atoms with van der Waals surface area (Å²) in [6.07, 6.45) is 3.24. The molecule has 1 heterocycles. The third-order valence-electron chi connectivity index (χ3n) is 5.58. The van der Waals surface area contributed by atoms with Gasteiger partial charge in [0.1, 0.15) is 5.75 Å². The molecule has 2 aromatic carbocycles. The Kier molecular flexibility index (Phi) is 8.98. The maximum absolute atomic E-state index is 13.1. The van der Waals surface area contributed by atoms with Gasteiger partial charge in [-0.25, -0.2) is 0 Å². The fourth-order valence-electron chi connectivity index (χ4n) is 3.88. The van der Waals surface area contributed by atoms with Gasteiger partial charge in [0, 0.05) is 37.8 Å². The SMILES string of the molecule is CCOc1ccccc1CN(C)C(=O)c1ccc(OCC(=O)N2CCCCC2)c(OCC)c1. The molecule has 1 aliphatic rings. The second-order valence-electron chi connectivity index (χ2n) is 8.03. The van der Waals surface area contributed by atoms with E-state index in [0.29, 0.717) is 36.8 Å². The molecule has 0 N–H and O–H groups in total. The lowest BCUT2D eigenvalue weighted by Gasteiger charge is -2.26. The third-order valence-corrected chi connectivity index (χ3v) is 5.58. The lowest BCUT2D eigenvalue weighted by atomic mass is 10.1. The van der Waals surface area contributed by atoms with Gasteiger partial charge in [-0.2, -0.15) is 0 Å². The fourth-order valence-corrected chi connectivity index (χ4v) is 3.88. The molecule has 178 valence electrons. The molecular weight excluding hydrogens is 420 g/mol. The largest absolute Gasteiger partial charge is 0.494 e. The van der Waals surface area contributed by atoms with E-state index in [-0.39, 0.29) is 18.4 Å². The summed E-state index contributed by atoms with van der Waals surface area (Å²) in [6.45, 7) is 6.74. The van der Waals surface area contributed by atoms with Crippen molar-refractivity contribution in [3.8, 4) is 17.2 Å². The Morgan fingerprint density at radius 3 is 2.30 bits per heavy atom. The third kappa shape index (κ3) is 6.63. The molecule has 3 rings (SSSR count). The molecule has 7 nitrogen and oxygen atoms in total. The van der Waals surface area contributed by atoms with Crippen molar-refractivity contribution >= 4 is 11.8 Å². The van der Waals surface area contributed by atoms with Crippen LogP contribution in [0.2, 0.25) is 0 Å². The lowest BCUT2D eigenvalue weighted by Crippen LogP contribution is -2.38. The summed E-state index contributed by atoms with van der Waals surface area (Å²) in [5.41, 5.74) is 1.43. The van der Waals surface area contributed by atoms with E-state index in [1.54, 1.807) is 30.1 Å². The van der Waals surface area contributed by atoms with Crippen LogP contribution in [0.4, 0.5) is 0 Å². The maximum Gasteiger partial charge on any atom is 0.260 e. The van der Waals surface area contributed by atoms with Gasteiger partial charge >= 0.3 is 0 Å². The van der Waals surface area contributed by atoms with Crippen molar-refractivity contribution in [3.63, 3.8) is 0 Å². The van der Waals surface area contributed by atoms with Crippen molar-refractivity contribution in [2.24, 2.45) is 0 Å². The molecule has 2 aromatic rings. The molecule has 0 saturated carbocycles. The second-order valence-corrected chi connectivity index (χ2v) is 8.03. The molecule has 2 amide bonds. The summed E-state index contributed by atoms with van der Waals surface area (Å²) < 4.78 is 17.2. The van der Waals surface area contributed by atoms with Crippen LogP contribution in [0, 0.1) is 0 Å². The van der Waals surface area contributed by atoms with Gasteiger partial charge in [-0.3, -0.25) is 9.59 Å². The molecule has 0 spiro atoms. The smallest absolute Gasteiger partial charge is 0.260 e. The van der Waals surface area contributed by atoms with E-state index in [0.717, 1.165) is 37.2 Å². The molecule has 0 bridgehead atoms. The molecule has 1 fully saturated rings. The van der Waals surface area contributed by atoms with E-state index < -0.39 is 0 Å². The summed E-state index contributed by atoms with van der Waals surface area (Å²) in [4.78, 5) is 29.0. The average molecular weight is 455 g/mol. The first kappa shape index (κ1) is 24.4. The van der Waals surface area contributed by atoms with Gasteiger partial charge < -0.3 is 24.0 Å². The number of amides is 2. The first-order valence-corrected chi connectivity index (χ1v) is 11.7. The number of hydrogen-bond donors (Lipinski definition) is 0. The summed E-state index contributed by atoms with van der Waals surface area (Å²) in [5.74, 6) is 1.53. The van der Waals surface area contributed by atoms with Crippen molar-refractivity contribution in [2.45, 2.75) is 39.7 Å². The van der Waals surface area contributed by atoms with Gasteiger partial charge in [-0.1, -0.05) is 18.2 Å². The van der Waals surface area contributed by atoms with Crippen LogP contribution in [0.3, 0.4) is 0 Å². The van der Waals surface area contributed by atoms with Crippen LogP contribution in [-0.2, 0) is 11.3 Å². The van der Waals surface area contributed by atoms with Crippen LogP contribution >= 0.6 is 0 Å². The topological polar surface area (TPSA) is 68.3 Å². The first-order valence-electron chi connectivity index (χ1n) is 11.7. The Bertz CT molecular complexity index is 940. The van der Waals surface area contributed by atoms with Crippen molar-refractivity contribution in [3.05, 3.63) is 53.6 Å². The minimum absolute atomic E-state index is 0.0231. The zero-order chi connectivity index (χ0) is 23.6. The number of carbonyl (C=O) groups excluding carboxylic acids is 2. The highest BCUT2D eigenvalue weighted by Crippen LogP contribution is 2.29. The monoisotopic (exact) mass is 454 g/mol. The van der Waals surface area contributed by atoms with Crippen LogP contribution in [0.25, 0.3) is 0 Å². The van der Waals surface area contributed by atoms with Gasteiger partial charge in [-0.05, 0) is 57.4 Å². The van der Waals surface area contributed by atoms with Gasteiger partial charge in [0.05, 0.1) is 13.2 Å². The molecule has 7 heteroatoms. The Hall–Kier alpha value is -3.22. The van der Waals surface area contributed by atoms with E-state index >= 15 is 0 Å². The predicted molar refractivity (Wildman–Crippen MR) is 127 cm³/mol. The number of carbonyl (C=O) groups is 2. The van der Waals surface area contributed by atoms with E-state index in [2.05, 4.69) is 0 Å². The molecule has 0 unspecified atom stereocenters. The Morgan fingerprint density at radius 1 is 0.879 bits per heavy atom. The van der Waals surface area contributed by atoms with Gasteiger partial charge in [-0.15, -0.1) is 0 Å². The normalized spacial score (nSPS) is 13.4. The number of benzene rings is 2. The average Bonchev–Trinajstić information content (AvgIpc) is 2.84. The number of likely N-dealkylation sites (tertiary alicyclic amines) is 1. The minimum atomic E-state index is -0.141. The summed E-state index contributed by atoms with van der Waals surface area (Å²) in [5, 5.41) is 0. The standard InChI is InChI=1S/C26H34N2O5/c1-4-31-22-12-8-7-11-21(22)18-27(3)26(30)20-13-14-23(24(17-20)32-5-2)33-19-25(29)28-15-9-6-10-16-28/h7-8,11-14,17H,4-6,9-10,15-16,18-19H2,1-3H3. The van der Waals surface area contributed by atoms with Crippen molar-refractivity contribution in [2.75, 3.05) is 40.0 Å². The number of para-hydroxylation sites is 1.